The van der Waals surface area contributed by atoms with Gasteiger partial charge in [0.25, 0.3) is 0 Å². The van der Waals surface area contributed by atoms with E-state index in [-0.39, 0.29) is 4.90 Å². The molecule has 1 aromatic rings. The highest BCUT2D eigenvalue weighted by atomic mass is 32.2. The van der Waals surface area contributed by atoms with Gasteiger partial charge in [-0.05, 0) is 6.07 Å². The van der Waals surface area contributed by atoms with Crippen molar-refractivity contribution >= 4 is 21.6 Å². The first-order chi connectivity index (χ1) is 8.79. The van der Waals surface area contributed by atoms with E-state index in [2.05, 4.69) is 13.2 Å². The van der Waals surface area contributed by atoms with E-state index in [0.717, 1.165) is 11.3 Å². The Hall–Kier alpha value is -1.55. The molecule has 0 aliphatic carbocycles. The topological polar surface area (TPSA) is 37.4 Å². The van der Waals surface area contributed by atoms with Crippen molar-refractivity contribution in [3.8, 4) is 0 Å². The predicted molar refractivity (Wildman–Crippen MR) is 83.7 cm³/mol. The lowest BCUT2D eigenvalue weighted by Gasteiger charge is -2.19. The lowest BCUT2D eigenvalue weighted by atomic mass is 10.0. The SMILES string of the molecule is C=Cc1c(C(=C)N(C)C)cccc1S(C)(=O)=O.CC. The largest absolute Gasteiger partial charge is 0.378 e. The maximum atomic E-state index is 11.7. The van der Waals surface area contributed by atoms with Crippen molar-refractivity contribution in [1.82, 2.24) is 4.90 Å². The Morgan fingerprint density at radius 2 is 1.79 bits per heavy atom. The summed E-state index contributed by atoms with van der Waals surface area (Å²) < 4.78 is 23.3. The Labute approximate surface area is 117 Å². The molecule has 0 radical (unpaired) electrons. The van der Waals surface area contributed by atoms with Crippen molar-refractivity contribution in [3.63, 3.8) is 0 Å². The minimum atomic E-state index is -3.26. The third-order valence-electron chi connectivity index (χ3n) is 2.52. The summed E-state index contributed by atoms with van der Waals surface area (Å²) in [5.41, 5.74) is 2.15. The minimum Gasteiger partial charge on any atom is -0.378 e. The molecule has 0 bridgehead atoms. The van der Waals surface area contributed by atoms with Gasteiger partial charge in [-0.15, -0.1) is 0 Å². The van der Waals surface area contributed by atoms with Gasteiger partial charge in [-0.2, -0.15) is 0 Å². The van der Waals surface area contributed by atoms with Crippen LogP contribution in [0.4, 0.5) is 0 Å². The average molecular weight is 281 g/mol. The van der Waals surface area contributed by atoms with Crippen molar-refractivity contribution < 1.29 is 8.42 Å². The highest BCUT2D eigenvalue weighted by Crippen LogP contribution is 2.26. The zero-order valence-electron chi connectivity index (χ0n) is 12.4. The standard InChI is InChI=1S/C13H17NO2S.C2H6/c1-6-11-12(10(2)14(3)4)8-7-9-13(11)17(5,15)16;1-2/h6-9H,1-2H2,3-5H3;1-2H3. The van der Waals surface area contributed by atoms with Crippen molar-refractivity contribution in [2.75, 3.05) is 20.4 Å². The van der Waals surface area contributed by atoms with E-state index in [0.29, 0.717) is 5.56 Å². The van der Waals surface area contributed by atoms with E-state index in [1.54, 1.807) is 18.2 Å². The number of benzene rings is 1. The molecule has 0 aliphatic rings. The van der Waals surface area contributed by atoms with Gasteiger partial charge in [-0.1, -0.05) is 45.2 Å². The van der Waals surface area contributed by atoms with E-state index in [1.807, 2.05) is 38.9 Å². The highest BCUT2D eigenvalue weighted by Gasteiger charge is 2.16. The van der Waals surface area contributed by atoms with Crippen LogP contribution < -0.4 is 0 Å². The summed E-state index contributed by atoms with van der Waals surface area (Å²) in [6.07, 6.45) is 2.75. The van der Waals surface area contributed by atoms with Crippen molar-refractivity contribution in [3.05, 3.63) is 42.5 Å². The fraction of sp³-hybridized carbons (Fsp3) is 0.333. The minimum absolute atomic E-state index is 0.285. The molecule has 0 saturated carbocycles. The van der Waals surface area contributed by atoms with E-state index in [9.17, 15) is 8.42 Å². The highest BCUT2D eigenvalue weighted by molar-refractivity contribution is 7.90. The Bertz CT molecular complexity index is 558. The molecule has 0 amide bonds. The second-order valence-corrected chi connectivity index (χ2v) is 6.02. The van der Waals surface area contributed by atoms with Crippen molar-refractivity contribution in [1.29, 1.82) is 0 Å². The van der Waals surface area contributed by atoms with Crippen LogP contribution in [0.15, 0.2) is 36.3 Å². The monoisotopic (exact) mass is 281 g/mol. The Morgan fingerprint density at radius 3 is 2.16 bits per heavy atom. The van der Waals surface area contributed by atoms with Gasteiger partial charge in [-0.3, -0.25) is 0 Å². The third-order valence-corrected chi connectivity index (χ3v) is 3.68. The second kappa shape index (κ2) is 7.14. The molecule has 1 aromatic carbocycles. The summed E-state index contributed by atoms with van der Waals surface area (Å²) in [6, 6.07) is 5.14. The zero-order chi connectivity index (χ0) is 15.2. The van der Waals surface area contributed by atoms with Crippen molar-refractivity contribution in [2.24, 2.45) is 0 Å². The third kappa shape index (κ3) is 4.24. The molecule has 1 rings (SSSR count). The summed E-state index contributed by atoms with van der Waals surface area (Å²) in [6.45, 7) is 11.6. The molecule has 4 heteroatoms. The number of nitrogens with zero attached hydrogens (tertiary/aromatic N) is 1. The average Bonchev–Trinajstić information content (AvgIpc) is 2.38. The van der Waals surface area contributed by atoms with Crippen LogP contribution in [0.5, 0.6) is 0 Å². The fourth-order valence-corrected chi connectivity index (χ4v) is 2.49. The van der Waals surface area contributed by atoms with E-state index in [1.165, 1.54) is 6.26 Å². The first kappa shape index (κ1) is 17.4. The summed E-state index contributed by atoms with van der Waals surface area (Å²) in [5, 5.41) is 0. The van der Waals surface area contributed by atoms with Crippen LogP contribution in [0.2, 0.25) is 0 Å². The first-order valence-corrected chi connectivity index (χ1v) is 8.00. The molecule has 106 valence electrons. The Kier molecular flexibility index (Phi) is 6.56. The number of rotatable bonds is 4. The number of sulfone groups is 1. The maximum Gasteiger partial charge on any atom is 0.176 e. The molecule has 0 saturated heterocycles. The predicted octanol–water partition coefficient (Wildman–Crippen LogP) is 3.29. The maximum absolute atomic E-state index is 11.7. The first-order valence-electron chi connectivity index (χ1n) is 6.11. The van der Waals surface area contributed by atoms with Crippen molar-refractivity contribution in [2.45, 2.75) is 18.7 Å². The van der Waals surface area contributed by atoms with Crippen LogP contribution in [0.3, 0.4) is 0 Å². The van der Waals surface area contributed by atoms with Crippen LogP contribution in [0, 0.1) is 0 Å². The lowest BCUT2D eigenvalue weighted by molar-refractivity contribution is 0.592. The molecule has 3 nitrogen and oxygen atoms in total. The number of hydrogen-bond donors (Lipinski definition) is 0. The molecule has 19 heavy (non-hydrogen) atoms. The fourth-order valence-electron chi connectivity index (χ4n) is 1.57. The molecule has 0 spiro atoms. The lowest BCUT2D eigenvalue weighted by Crippen LogP contribution is -2.11. The summed E-state index contributed by atoms with van der Waals surface area (Å²) in [4.78, 5) is 2.13. The van der Waals surface area contributed by atoms with Gasteiger partial charge in [0, 0.05) is 37.2 Å². The number of hydrogen-bond acceptors (Lipinski definition) is 3. The molecule has 0 aromatic heterocycles. The van der Waals surface area contributed by atoms with E-state index >= 15 is 0 Å². The molecule has 0 unspecified atom stereocenters. The summed E-state index contributed by atoms with van der Waals surface area (Å²) in [5.74, 6) is 0. The Balaban J connectivity index is 0.00000154. The van der Waals surface area contributed by atoms with Gasteiger partial charge in [0.2, 0.25) is 0 Å². The van der Waals surface area contributed by atoms with Gasteiger partial charge in [0.05, 0.1) is 4.90 Å². The molecule has 0 heterocycles. The molecule has 0 N–H and O–H groups in total. The van der Waals surface area contributed by atoms with Crippen LogP contribution in [0.25, 0.3) is 11.8 Å². The van der Waals surface area contributed by atoms with Crippen LogP contribution in [-0.4, -0.2) is 33.7 Å². The quantitative estimate of drug-likeness (QED) is 0.850. The molecular formula is C15H23NO2S. The molecular weight excluding hydrogens is 258 g/mol. The van der Waals surface area contributed by atoms with E-state index in [4.69, 9.17) is 0 Å². The molecule has 0 fully saturated rings. The van der Waals surface area contributed by atoms with Crippen LogP contribution >= 0.6 is 0 Å². The van der Waals surface area contributed by atoms with Gasteiger partial charge in [0.15, 0.2) is 9.84 Å². The summed E-state index contributed by atoms with van der Waals surface area (Å²) >= 11 is 0. The van der Waals surface area contributed by atoms with E-state index < -0.39 is 9.84 Å². The second-order valence-electron chi connectivity index (χ2n) is 4.03. The van der Waals surface area contributed by atoms with Gasteiger partial charge >= 0.3 is 0 Å². The van der Waals surface area contributed by atoms with Crippen LogP contribution in [0.1, 0.15) is 25.0 Å². The Morgan fingerprint density at radius 1 is 1.26 bits per heavy atom. The molecule has 0 aliphatic heterocycles. The summed E-state index contributed by atoms with van der Waals surface area (Å²) in [7, 11) is 0.469. The smallest absolute Gasteiger partial charge is 0.176 e. The van der Waals surface area contributed by atoms with Gasteiger partial charge in [-0.25, -0.2) is 8.42 Å². The zero-order valence-corrected chi connectivity index (χ0v) is 13.2. The molecule has 0 atom stereocenters. The van der Waals surface area contributed by atoms with Gasteiger partial charge in [0.1, 0.15) is 0 Å². The van der Waals surface area contributed by atoms with Crippen LogP contribution in [-0.2, 0) is 9.84 Å². The normalized spacial score (nSPS) is 10.2. The van der Waals surface area contributed by atoms with Gasteiger partial charge < -0.3 is 4.90 Å².